The number of carbonyl (C=O) groups excluding carboxylic acids is 2. The van der Waals surface area contributed by atoms with E-state index in [1.165, 1.54) is 101 Å². The van der Waals surface area contributed by atoms with Crippen molar-refractivity contribution in [1.29, 1.82) is 0 Å². The number of hydrogen-bond donors (Lipinski definition) is 0. The Balaban J connectivity index is 1.35. The summed E-state index contributed by atoms with van der Waals surface area (Å²) in [5.41, 5.74) is 1.13. The topological polar surface area (TPSA) is 37.4 Å². The van der Waals surface area contributed by atoms with E-state index >= 15 is 0 Å². The van der Waals surface area contributed by atoms with Crippen LogP contribution in [-0.4, -0.2) is 23.3 Å². The maximum absolute atomic E-state index is 12.3. The van der Waals surface area contributed by atoms with Crippen molar-refractivity contribution in [1.82, 2.24) is 4.90 Å². The van der Waals surface area contributed by atoms with Crippen LogP contribution >= 0.6 is 0 Å². The summed E-state index contributed by atoms with van der Waals surface area (Å²) in [6.07, 6.45) is 22.7. The molecule has 2 amide bonds. The molecule has 3 heteroatoms. The lowest BCUT2D eigenvalue weighted by Crippen LogP contribution is -2.30. The van der Waals surface area contributed by atoms with Crippen molar-refractivity contribution in [2.45, 2.75) is 116 Å². The van der Waals surface area contributed by atoms with Crippen LogP contribution in [0.1, 0.15) is 137 Å². The van der Waals surface area contributed by atoms with Gasteiger partial charge in [0.25, 0.3) is 11.8 Å². The second-order valence-corrected chi connectivity index (χ2v) is 8.96. The summed E-state index contributed by atoms with van der Waals surface area (Å²) in [4.78, 5) is 26.1. The Morgan fingerprint density at radius 1 is 0.533 bits per heavy atom. The summed E-state index contributed by atoms with van der Waals surface area (Å²) in [5.74, 6) is -0.237. The van der Waals surface area contributed by atoms with Gasteiger partial charge < -0.3 is 0 Å². The highest BCUT2D eigenvalue weighted by Gasteiger charge is 2.34. The van der Waals surface area contributed by atoms with Gasteiger partial charge in [-0.05, 0) is 18.6 Å². The summed E-state index contributed by atoms with van der Waals surface area (Å²) in [5, 5.41) is 0. The van der Waals surface area contributed by atoms with Gasteiger partial charge >= 0.3 is 0 Å². The Labute approximate surface area is 184 Å². The van der Waals surface area contributed by atoms with Crippen molar-refractivity contribution in [3.05, 3.63) is 35.4 Å². The molecule has 30 heavy (non-hydrogen) atoms. The van der Waals surface area contributed by atoms with Crippen LogP contribution < -0.4 is 0 Å². The van der Waals surface area contributed by atoms with Gasteiger partial charge in [-0.25, -0.2) is 0 Å². The molecule has 1 heterocycles. The molecule has 168 valence electrons. The summed E-state index contributed by atoms with van der Waals surface area (Å²) in [6.45, 7) is 2.84. The van der Waals surface area contributed by atoms with Gasteiger partial charge in [-0.15, -0.1) is 0 Å². The molecule has 0 aliphatic carbocycles. The minimum Gasteiger partial charge on any atom is -0.274 e. The van der Waals surface area contributed by atoms with Crippen molar-refractivity contribution in [3.8, 4) is 0 Å². The monoisotopic (exact) mass is 413 g/mol. The zero-order chi connectivity index (χ0) is 21.4. The van der Waals surface area contributed by atoms with E-state index in [2.05, 4.69) is 6.92 Å². The second-order valence-electron chi connectivity index (χ2n) is 8.96. The average molecular weight is 414 g/mol. The quantitative estimate of drug-likeness (QED) is 0.181. The summed E-state index contributed by atoms with van der Waals surface area (Å²) < 4.78 is 0. The number of hydrogen-bond acceptors (Lipinski definition) is 2. The van der Waals surface area contributed by atoms with E-state index in [0.29, 0.717) is 17.7 Å². The minimum atomic E-state index is -0.118. The SMILES string of the molecule is CCCCCCCCCCCCCCCCCCCN1C(=O)c2ccccc2C1=O. The average Bonchev–Trinajstić information content (AvgIpc) is 3.01. The number of rotatable bonds is 18. The normalized spacial score (nSPS) is 13.3. The number of unbranched alkanes of at least 4 members (excludes halogenated alkanes) is 16. The maximum Gasteiger partial charge on any atom is 0.261 e. The summed E-state index contributed by atoms with van der Waals surface area (Å²) in [6, 6.07) is 7.15. The van der Waals surface area contributed by atoms with Gasteiger partial charge in [-0.2, -0.15) is 0 Å². The minimum absolute atomic E-state index is 0.118. The lowest BCUT2D eigenvalue weighted by molar-refractivity contribution is 0.0651. The van der Waals surface area contributed by atoms with Crippen molar-refractivity contribution in [2.75, 3.05) is 6.54 Å². The molecule has 1 aromatic carbocycles. The Morgan fingerprint density at radius 3 is 1.23 bits per heavy atom. The zero-order valence-corrected chi connectivity index (χ0v) is 19.3. The highest BCUT2D eigenvalue weighted by Crippen LogP contribution is 2.23. The molecule has 1 aliphatic heterocycles. The maximum atomic E-state index is 12.3. The van der Waals surface area contributed by atoms with Gasteiger partial charge in [-0.3, -0.25) is 14.5 Å². The van der Waals surface area contributed by atoms with Crippen LogP contribution in [0, 0.1) is 0 Å². The first kappa shape index (κ1) is 24.6. The Kier molecular flexibility index (Phi) is 12.5. The van der Waals surface area contributed by atoms with E-state index in [1.807, 2.05) is 12.1 Å². The lowest BCUT2D eigenvalue weighted by Gasteiger charge is -2.13. The number of benzene rings is 1. The smallest absolute Gasteiger partial charge is 0.261 e. The fraction of sp³-hybridized carbons (Fsp3) is 0.704. The number of fused-ring (bicyclic) bond motifs is 1. The third-order valence-corrected chi connectivity index (χ3v) is 6.36. The third kappa shape index (κ3) is 8.62. The highest BCUT2D eigenvalue weighted by molar-refractivity contribution is 6.21. The molecule has 3 nitrogen and oxygen atoms in total. The van der Waals surface area contributed by atoms with Gasteiger partial charge in [0.2, 0.25) is 0 Å². The van der Waals surface area contributed by atoms with Crippen LogP contribution in [0.3, 0.4) is 0 Å². The Hall–Kier alpha value is -1.64. The predicted molar refractivity (Wildman–Crippen MR) is 126 cm³/mol. The molecule has 0 spiro atoms. The van der Waals surface area contributed by atoms with Crippen LogP contribution in [0.15, 0.2) is 24.3 Å². The number of nitrogens with zero attached hydrogens (tertiary/aromatic N) is 1. The fourth-order valence-corrected chi connectivity index (χ4v) is 4.44. The van der Waals surface area contributed by atoms with Crippen molar-refractivity contribution in [2.24, 2.45) is 0 Å². The van der Waals surface area contributed by atoms with E-state index in [4.69, 9.17) is 0 Å². The molecule has 0 N–H and O–H groups in total. The van der Waals surface area contributed by atoms with E-state index in [0.717, 1.165) is 12.8 Å². The van der Waals surface area contributed by atoms with E-state index in [-0.39, 0.29) is 11.8 Å². The molecule has 1 aliphatic rings. The second kappa shape index (κ2) is 15.2. The largest absolute Gasteiger partial charge is 0.274 e. The van der Waals surface area contributed by atoms with Crippen LogP contribution in [0.2, 0.25) is 0 Å². The van der Waals surface area contributed by atoms with Gasteiger partial charge in [0.15, 0.2) is 0 Å². The van der Waals surface area contributed by atoms with Gasteiger partial charge in [-0.1, -0.05) is 122 Å². The Morgan fingerprint density at radius 2 is 0.867 bits per heavy atom. The van der Waals surface area contributed by atoms with Crippen LogP contribution in [0.25, 0.3) is 0 Å². The molecule has 0 atom stereocenters. The number of carbonyl (C=O) groups is 2. The molecule has 2 rings (SSSR count). The summed E-state index contributed by atoms with van der Waals surface area (Å²) >= 11 is 0. The van der Waals surface area contributed by atoms with Gasteiger partial charge in [0.1, 0.15) is 0 Å². The van der Waals surface area contributed by atoms with E-state index in [9.17, 15) is 9.59 Å². The van der Waals surface area contributed by atoms with Crippen LogP contribution in [0.4, 0.5) is 0 Å². The van der Waals surface area contributed by atoms with Crippen LogP contribution in [-0.2, 0) is 0 Å². The van der Waals surface area contributed by atoms with Crippen molar-refractivity contribution in [3.63, 3.8) is 0 Å². The molecule has 0 aromatic heterocycles. The van der Waals surface area contributed by atoms with E-state index < -0.39 is 0 Å². The first-order valence-corrected chi connectivity index (χ1v) is 12.7. The molecule has 0 bridgehead atoms. The molecule has 0 fully saturated rings. The molecule has 0 unspecified atom stereocenters. The molecule has 0 saturated carbocycles. The molecule has 0 saturated heterocycles. The summed E-state index contributed by atoms with van der Waals surface area (Å²) in [7, 11) is 0. The van der Waals surface area contributed by atoms with E-state index in [1.54, 1.807) is 12.1 Å². The number of amides is 2. The fourth-order valence-electron chi connectivity index (χ4n) is 4.44. The van der Waals surface area contributed by atoms with Crippen molar-refractivity contribution >= 4 is 11.8 Å². The first-order valence-electron chi connectivity index (χ1n) is 12.7. The Bertz CT molecular complexity index is 590. The van der Waals surface area contributed by atoms with Gasteiger partial charge in [0.05, 0.1) is 11.1 Å². The molecule has 0 radical (unpaired) electrons. The van der Waals surface area contributed by atoms with Crippen LogP contribution in [0.5, 0.6) is 0 Å². The zero-order valence-electron chi connectivity index (χ0n) is 19.3. The van der Waals surface area contributed by atoms with Gasteiger partial charge in [0, 0.05) is 6.54 Å². The molecular formula is C27H43NO2. The number of imide groups is 1. The predicted octanol–water partition coefficient (Wildman–Crippen LogP) is 7.93. The third-order valence-electron chi connectivity index (χ3n) is 6.36. The van der Waals surface area contributed by atoms with Crippen molar-refractivity contribution < 1.29 is 9.59 Å². The standard InChI is InChI=1S/C27H43NO2/c1-2-3-4-5-6-7-8-9-10-11-12-13-14-15-16-17-20-23-28-26(29)24-21-18-19-22-25(24)27(28)30/h18-19,21-22H,2-17,20,23H2,1H3. The highest BCUT2D eigenvalue weighted by atomic mass is 16.2. The first-order chi connectivity index (χ1) is 14.8. The molecule has 1 aromatic rings. The molecular weight excluding hydrogens is 370 g/mol. The lowest BCUT2D eigenvalue weighted by atomic mass is 10.0.